The normalized spacial score (nSPS) is 19.2. The lowest BCUT2D eigenvalue weighted by atomic mass is 9.85. The van der Waals surface area contributed by atoms with E-state index < -0.39 is 10.0 Å². The Morgan fingerprint density at radius 3 is 2.25 bits per heavy atom. The van der Waals surface area contributed by atoms with E-state index in [1.54, 1.807) is 6.92 Å². The summed E-state index contributed by atoms with van der Waals surface area (Å²) in [6.45, 7) is 7.87. The van der Waals surface area contributed by atoms with Gasteiger partial charge in [-0.25, -0.2) is 8.42 Å². The fourth-order valence-electron chi connectivity index (χ4n) is 1.71. The number of sulfonamides is 1. The molecule has 1 N–H and O–H groups in total. The third-order valence-electron chi connectivity index (χ3n) is 2.57. The minimum Gasteiger partial charge on any atom is -0.274 e. The summed E-state index contributed by atoms with van der Waals surface area (Å²) in [5.74, 6) is -0.643. The third kappa shape index (κ3) is 4.12. The summed E-state index contributed by atoms with van der Waals surface area (Å²) in [4.78, 5) is 11.7. The Labute approximate surface area is 97.9 Å². The van der Waals surface area contributed by atoms with Gasteiger partial charge in [0, 0.05) is 5.92 Å². The molecule has 4 nitrogen and oxygen atoms in total. The number of carbonyl (C=O) groups is 1. The second-order valence-electron chi connectivity index (χ2n) is 5.88. The van der Waals surface area contributed by atoms with E-state index in [1.165, 1.54) is 0 Å². The van der Waals surface area contributed by atoms with Gasteiger partial charge in [0.2, 0.25) is 15.9 Å². The van der Waals surface area contributed by atoms with E-state index in [0.717, 1.165) is 0 Å². The Kier molecular flexibility index (Phi) is 3.67. The van der Waals surface area contributed by atoms with Gasteiger partial charge >= 0.3 is 0 Å². The molecule has 1 amide bonds. The van der Waals surface area contributed by atoms with Gasteiger partial charge in [-0.15, -0.1) is 0 Å². The van der Waals surface area contributed by atoms with E-state index in [-0.39, 0.29) is 22.5 Å². The van der Waals surface area contributed by atoms with Gasteiger partial charge in [0.15, 0.2) is 0 Å². The Morgan fingerprint density at radius 1 is 1.38 bits per heavy atom. The highest BCUT2D eigenvalue weighted by atomic mass is 32.2. The lowest BCUT2D eigenvalue weighted by Crippen LogP contribution is -2.37. The molecule has 5 heteroatoms. The fourth-order valence-corrected chi connectivity index (χ4v) is 3.12. The van der Waals surface area contributed by atoms with Crippen molar-refractivity contribution in [2.75, 3.05) is 0 Å². The molecule has 0 aromatic rings. The zero-order valence-electron chi connectivity index (χ0n) is 10.4. The van der Waals surface area contributed by atoms with Gasteiger partial charge in [-0.2, -0.15) is 0 Å². The monoisotopic (exact) mass is 247 g/mol. The molecular weight excluding hydrogens is 226 g/mol. The summed E-state index contributed by atoms with van der Waals surface area (Å²) in [5, 5.41) is -0.335. The number of hydrogen-bond donors (Lipinski definition) is 1. The minimum absolute atomic E-state index is 0.0279. The first-order valence-corrected chi connectivity index (χ1v) is 7.22. The van der Waals surface area contributed by atoms with E-state index in [4.69, 9.17) is 0 Å². The molecule has 16 heavy (non-hydrogen) atoms. The molecular formula is C11H21NO3S. The van der Waals surface area contributed by atoms with Crippen molar-refractivity contribution in [3.8, 4) is 0 Å². The molecule has 1 saturated carbocycles. The summed E-state index contributed by atoms with van der Waals surface area (Å²) >= 11 is 0. The second kappa shape index (κ2) is 4.35. The highest BCUT2D eigenvalue weighted by molar-refractivity contribution is 7.90. The Hall–Kier alpha value is -0.580. The molecule has 1 fully saturated rings. The van der Waals surface area contributed by atoms with Crippen LogP contribution in [0.3, 0.4) is 0 Å². The topological polar surface area (TPSA) is 63.2 Å². The Bertz CT molecular complexity index is 363. The van der Waals surface area contributed by atoms with Gasteiger partial charge in [0.25, 0.3) is 0 Å². The van der Waals surface area contributed by atoms with Crippen LogP contribution in [0, 0.1) is 11.3 Å². The van der Waals surface area contributed by atoms with Crippen LogP contribution in [0.4, 0.5) is 0 Å². The zero-order valence-corrected chi connectivity index (χ0v) is 11.2. The average molecular weight is 247 g/mol. The average Bonchev–Trinajstić information content (AvgIpc) is 2.80. The van der Waals surface area contributed by atoms with Crippen molar-refractivity contribution in [2.45, 2.75) is 52.2 Å². The molecule has 0 saturated heterocycles. The molecule has 0 aliphatic heterocycles. The van der Waals surface area contributed by atoms with Gasteiger partial charge in [-0.05, 0) is 24.7 Å². The summed E-state index contributed by atoms with van der Waals surface area (Å²) in [7, 11) is -3.39. The molecule has 1 atom stereocenters. The highest BCUT2D eigenvalue weighted by Gasteiger charge is 2.37. The first kappa shape index (κ1) is 13.5. The van der Waals surface area contributed by atoms with Crippen molar-refractivity contribution in [3.63, 3.8) is 0 Å². The van der Waals surface area contributed by atoms with Crippen molar-refractivity contribution in [1.29, 1.82) is 0 Å². The Balaban J connectivity index is 2.52. The minimum atomic E-state index is -3.39. The molecule has 94 valence electrons. The van der Waals surface area contributed by atoms with Gasteiger partial charge < -0.3 is 0 Å². The maximum absolute atomic E-state index is 11.7. The first-order chi connectivity index (χ1) is 7.12. The van der Waals surface area contributed by atoms with Gasteiger partial charge in [0.1, 0.15) is 0 Å². The predicted molar refractivity (Wildman–Crippen MR) is 63.3 cm³/mol. The maximum Gasteiger partial charge on any atom is 0.237 e. The molecule has 0 spiro atoms. The van der Waals surface area contributed by atoms with Gasteiger partial charge in [-0.1, -0.05) is 27.7 Å². The van der Waals surface area contributed by atoms with Crippen LogP contribution in [0.25, 0.3) is 0 Å². The van der Waals surface area contributed by atoms with Crippen LogP contribution < -0.4 is 4.72 Å². The summed E-state index contributed by atoms with van der Waals surface area (Å²) < 4.78 is 25.3. The standard InChI is InChI=1S/C11H21NO3S/c1-8(7-11(2,3)4)10(13)12-16(14,15)9-5-6-9/h8-9H,5-7H2,1-4H3,(H,12,13)/t8-/m0/s1. The lowest BCUT2D eigenvalue weighted by Gasteiger charge is -2.22. The number of rotatable bonds is 4. The summed E-state index contributed by atoms with van der Waals surface area (Å²) in [6, 6.07) is 0. The Morgan fingerprint density at radius 2 is 1.88 bits per heavy atom. The number of amides is 1. The van der Waals surface area contributed by atoms with E-state index >= 15 is 0 Å². The van der Waals surface area contributed by atoms with Crippen molar-refractivity contribution >= 4 is 15.9 Å². The lowest BCUT2D eigenvalue weighted by molar-refractivity contribution is -0.123. The molecule has 0 aromatic heterocycles. The quantitative estimate of drug-likeness (QED) is 0.822. The smallest absolute Gasteiger partial charge is 0.237 e. The number of nitrogens with one attached hydrogen (secondary N) is 1. The summed E-state index contributed by atoms with van der Waals surface area (Å²) in [5.41, 5.74) is 0.0279. The SMILES string of the molecule is C[C@@H](CC(C)(C)C)C(=O)NS(=O)(=O)C1CC1. The molecule has 1 aliphatic rings. The van der Waals surface area contributed by atoms with Crippen molar-refractivity contribution in [3.05, 3.63) is 0 Å². The van der Waals surface area contributed by atoms with E-state index in [2.05, 4.69) is 4.72 Å². The van der Waals surface area contributed by atoms with Crippen LogP contribution in [0.5, 0.6) is 0 Å². The van der Waals surface area contributed by atoms with Crippen LogP contribution >= 0.6 is 0 Å². The first-order valence-electron chi connectivity index (χ1n) is 5.67. The molecule has 0 bridgehead atoms. The van der Waals surface area contributed by atoms with E-state index in [1.807, 2.05) is 20.8 Å². The molecule has 0 aromatic carbocycles. The van der Waals surface area contributed by atoms with E-state index in [0.29, 0.717) is 19.3 Å². The van der Waals surface area contributed by atoms with Crippen LogP contribution in [0.2, 0.25) is 0 Å². The third-order valence-corrected chi connectivity index (χ3v) is 4.41. The zero-order chi connectivity index (χ0) is 12.6. The summed E-state index contributed by atoms with van der Waals surface area (Å²) in [6.07, 6.45) is 2.03. The van der Waals surface area contributed by atoms with Crippen LogP contribution in [0.1, 0.15) is 47.0 Å². The fraction of sp³-hybridized carbons (Fsp3) is 0.909. The van der Waals surface area contributed by atoms with Crippen molar-refractivity contribution in [2.24, 2.45) is 11.3 Å². The highest BCUT2D eigenvalue weighted by Crippen LogP contribution is 2.28. The van der Waals surface area contributed by atoms with Crippen molar-refractivity contribution in [1.82, 2.24) is 4.72 Å². The van der Waals surface area contributed by atoms with Crippen LogP contribution in [-0.4, -0.2) is 19.6 Å². The van der Waals surface area contributed by atoms with Crippen LogP contribution in [0.15, 0.2) is 0 Å². The molecule has 0 heterocycles. The molecule has 0 radical (unpaired) electrons. The van der Waals surface area contributed by atoms with Gasteiger partial charge in [0.05, 0.1) is 5.25 Å². The second-order valence-corrected chi connectivity index (χ2v) is 7.84. The number of carbonyl (C=O) groups excluding carboxylic acids is 1. The van der Waals surface area contributed by atoms with Crippen molar-refractivity contribution < 1.29 is 13.2 Å². The molecule has 1 rings (SSSR count). The number of hydrogen-bond acceptors (Lipinski definition) is 3. The van der Waals surface area contributed by atoms with E-state index in [9.17, 15) is 13.2 Å². The molecule has 0 unspecified atom stereocenters. The maximum atomic E-state index is 11.7. The molecule has 1 aliphatic carbocycles. The van der Waals surface area contributed by atoms with Gasteiger partial charge in [-0.3, -0.25) is 9.52 Å². The largest absolute Gasteiger partial charge is 0.274 e. The predicted octanol–water partition coefficient (Wildman–Crippen LogP) is 1.67. The van der Waals surface area contributed by atoms with Crippen LogP contribution in [-0.2, 0) is 14.8 Å².